The molecule has 0 saturated carbocycles. The largest absolute Gasteiger partial charge is 0.416 e. The molecule has 2 heterocycles. The molecule has 0 aliphatic carbocycles. The summed E-state index contributed by atoms with van der Waals surface area (Å²) in [5, 5.41) is 2.20. The fraction of sp³-hybridized carbons (Fsp3) is 0.160. The van der Waals surface area contributed by atoms with Gasteiger partial charge in [0.2, 0.25) is 5.76 Å². The van der Waals surface area contributed by atoms with Gasteiger partial charge in [-0.05, 0) is 60.5 Å². The van der Waals surface area contributed by atoms with E-state index in [0.29, 0.717) is 17.8 Å². The van der Waals surface area contributed by atoms with Gasteiger partial charge in [-0.15, -0.1) is 0 Å². The van der Waals surface area contributed by atoms with Gasteiger partial charge >= 0.3 is 18.0 Å². The van der Waals surface area contributed by atoms with Crippen LogP contribution in [0.2, 0.25) is 0 Å². The van der Waals surface area contributed by atoms with Gasteiger partial charge in [-0.3, -0.25) is 9.78 Å². The molecular weight excluding hydrogens is 509 g/mol. The first-order valence-corrected chi connectivity index (χ1v) is 10.5. The molecule has 0 aliphatic heterocycles. The van der Waals surface area contributed by atoms with E-state index >= 15 is 0 Å². The van der Waals surface area contributed by atoms with Crippen LogP contribution < -0.4 is 10.9 Å². The lowest BCUT2D eigenvalue weighted by Gasteiger charge is -2.15. The maximum absolute atomic E-state index is 13.5. The van der Waals surface area contributed by atoms with Gasteiger partial charge in [0, 0.05) is 12.2 Å². The van der Waals surface area contributed by atoms with Crippen molar-refractivity contribution in [3.05, 3.63) is 99.0 Å². The minimum absolute atomic E-state index is 0.00387. The molecule has 2 aromatic heterocycles. The van der Waals surface area contributed by atoms with Crippen LogP contribution in [-0.2, 0) is 18.9 Å². The van der Waals surface area contributed by atoms with Gasteiger partial charge in [0.1, 0.15) is 5.82 Å². The van der Waals surface area contributed by atoms with Gasteiger partial charge < -0.3 is 9.73 Å². The number of fused-ring (bicyclic) bond motifs is 1. The second-order valence-corrected chi connectivity index (χ2v) is 8.05. The first kappa shape index (κ1) is 25.9. The Balaban J connectivity index is 1.78. The number of amides is 1. The minimum atomic E-state index is -5.07. The predicted molar refractivity (Wildman–Crippen MR) is 118 cm³/mol. The van der Waals surface area contributed by atoms with Gasteiger partial charge in [0.25, 0.3) is 5.91 Å². The number of halogens is 7. The molecule has 4 aromatic rings. The van der Waals surface area contributed by atoms with E-state index in [2.05, 4.69) is 10.3 Å². The van der Waals surface area contributed by atoms with E-state index in [0.717, 1.165) is 12.1 Å². The molecule has 1 amide bonds. The van der Waals surface area contributed by atoms with Crippen LogP contribution in [0.25, 0.3) is 22.0 Å². The van der Waals surface area contributed by atoms with Crippen LogP contribution in [-0.4, -0.2) is 10.9 Å². The Bertz CT molecular complexity index is 1520. The van der Waals surface area contributed by atoms with Gasteiger partial charge in [-0.1, -0.05) is 12.1 Å². The SMILES string of the molecule is Cc1ccc2c(=O)oc(C(=O)NCc3cc(C(F)(F)F)cc(C(F)(F)F)c3)c(-c3ccc(F)cc3)c2n1. The third-order valence-electron chi connectivity index (χ3n) is 5.35. The zero-order valence-electron chi connectivity index (χ0n) is 18.7. The number of aryl methyl sites for hydroxylation is 1. The molecule has 0 unspecified atom stereocenters. The molecule has 37 heavy (non-hydrogen) atoms. The molecule has 12 heteroatoms. The molecule has 5 nitrogen and oxygen atoms in total. The Labute approximate surface area is 203 Å². The lowest BCUT2D eigenvalue weighted by atomic mass is 10.0. The summed E-state index contributed by atoms with van der Waals surface area (Å²) in [6.45, 7) is 0.867. The Hall–Kier alpha value is -4.22. The van der Waals surface area contributed by atoms with Crippen molar-refractivity contribution in [2.24, 2.45) is 0 Å². The number of nitrogens with zero attached hydrogens (tertiary/aromatic N) is 1. The highest BCUT2D eigenvalue weighted by Crippen LogP contribution is 2.36. The third kappa shape index (κ3) is 5.47. The summed E-state index contributed by atoms with van der Waals surface area (Å²) in [6, 6.07) is 8.62. The summed E-state index contributed by atoms with van der Waals surface area (Å²) in [5.74, 6) is -2.29. The molecule has 0 bridgehead atoms. The number of carbonyl (C=O) groups excluding carboxylic acids is 1. The Morgan fingerprint density at radius 1 is 0.919 bits per heavy atom. The molecular formula is C25H15F7N2O3. The lowest BCUT2D eigenvalue weighted by molar-refractivity contribution is -0.143. The molecule has 1 N–H and O–H groups in total. The van der Waals surface area contributed by atoms with Crippen molar-refractivity contribution in [2.75, 3.05) is 0 Å². The van der Waals surface area contributed by atoms with Gasteiger partial charge in [-0.2, -0.15) is 26.3 Å². The molecule has 0 radical (unpaired) electrons. The maximum atomic E-state index is 13.5. The molecule has 4 rings (SSSR count). The van der Waals surface area contributed by atoms with Crippen LogP contribution in [0.5, 0.6) is 0 Å². The number of nitrogens with one attached hydrogen (secondary N) is 1. The van der Waals surface area contributed by atoms with Crippen LogP contribution in [0.3, 0.4) is 0 Å². The third-order valence-corrected chi connectivity index (χ3v) is 5.35. The van der Waals surface area contributed by atoms with Crippen molar-refractivity contribution in [3.8, 4) is 11.1 Å². The molecule has 2 aromatic carbocycles. The molecule has 0 aliphatic rings. The molecule has 0 atom stereocenters. The number of carbonyl (C=O) groups is 1. The highest BCUT2D eigenvalue weighted by Gasteiger charge is 2.37. The van der Waals surface area contributed by atoms with Crippen molar-refractivity contribution >= 4 is 16.8 Å². The average Bonchev–Trinajstić information content (AvgIpc) is 2.81. The van der Waals surface area contributed by atoms with Crippen molar-refractivity contribution in [1.29, 1.82) is 0 Å². The van der Waals surface area contributed by atoms with Crippen molar-refractivity contribution in [1.82, 2.24) is 10.3 Å². The smallest absolute Gasteiger partial charge is 0.416 e. The number of rotatable bonds is 4. The molecule has 0 spiro atoms. The van der Waals surface area contributed by atoms with E-state index < -0.39 is 58.7 Å². The normalized spacial score (nSPS) is 12.1. The molecule has 0 fully saturated rings. The average molecular weight is 524 g/mol. The van der Waals surface area contributed by atoms with Crippen molar-refractivity contribution < 1.29 is 39.9 Å². The zero-order chi connectivity index (χ0) is 27.1. The fourth-order valence-corrected chi connectivity index (χ4v) is 3.65. The fourth-order valence-electron chi connectivity index (χ4n) is 3.65. The van der Waals surface area contributed by atoms with E-state index in [1.54, 1.807) is 6.92 Å². The quantitative estimate of drug-likeness (QED) is 0.320. The van der Waals surface area contributed by atoms with Crippen molar-refractivity contribution in [2.45, 2.75) is 25.8 Å². The van der Waals surface area contributed by atoms with Crippen LogP contribution in [0, 0.1) is 12.7 Å². The van der Waals surface area contributed by atoms with Crippen LogP contribution in [0.15, 0.2) is 63.8 Å². The van der Waals surface area contributed by atoms with Gasteiger partial charge in [0.05, 0.1) is 27.6 Å². The maximum Gasteiger partial charge on any atom is 0.416 e. The minimum Gasteiger partial charge on any atom is -0.416 e. The topological polar surface area (TPSA) is 72.2 Å². The van der Waals surface area contributed by atoms with E-state index in [-0.39, 0.29) is 28.1 Å². The van der Waals surface area contributed by atoms with E-state index in [4.69, 9.17) is 4.42 Å². The first-order chi connectivity index (χ1) is 17.2. The summed E-state index contributed by atoms with van der Waals surface area (Å²) >= 11 is 0. The van der Waals surface area contributed by atoms with E-state index in [1.165, 1.54) is 24.3 Å². The zero-order valence-corrected chi connectivity index (χ0v) is 18.7. The number of alkyl halides is 6. The summed E-state index contributed by atoms with van der Waals surface area (Å²) < 4.78 is 97.6. The first-order valence-electron chi connectivity index (χ1n) is 10.5. The van der Waals surface area contributed by atoms with Crippen LogP contribution >= 0.6 is 0 Å². The Morgan fingerprint density at radius 3 is 2.08 bits per heavy atom. The number of benzene rings is 2. The number of hydrogen-bond donors (Lipinski definition) is 1. The standard InChI is InChI=1S/C25H15F7N2O3/c1-12-2-7-18-20(34-12)19(14-3-5-17(26)6-4-14)21(37-23(18)36)22(35)33-11-13-8-15(24(27,28)29)10-16(9-13)25(30,31)32/h2-10H,11H2,1H3,(H,33,35). The monoisotopic (exact) mass is 524 g/mol. The Morgan fingerprint density at radius 2 is 1.51 bits per heavy atom. The Kier molecular flexibility index (Phi) is 6.53. The second-order valence-electron chi connectivity index (χ2n) is 8.05. The van der Waals surface area contributed by atoms with E-state index in [1.807, 2.05) is 0 Å². The number of pyridine rings is 1. The second kappa shape index (κ2) is 9.34. The lowest BCUT2D eigenvalue weighted by Crippen LogP contribution is -2.25. The van der Waals surface area contributed by atoms with Crippen molar-refractivity contribution in [3.63, 3.8) is 0 Å². The summed E-state index contributed by atoms with van der Waals surface area (Å²) in [5.41, 5.74) is -3.78. The molecule has 0 saturated heterocycles. The van der Waals surface area contributed by atoms with Gasteiger partial charge in [0.15, 0.2) is 0 Å². The van der Waals surface area contributed by atoms with Gasteiger partial charge in [-0.25, -0.2) is 9.18 Å². The predicted octanol–water partition coefficient (Wildman–Crippen LogP) is 6.27. The summed E-state index contributed by atoms with van der Waals surface area (Å²) in [7, 11) is 0. The van der Waals surface area contributed by atoms with Crippen LogP contribution in [0.4, 0.5) is 30.7 Å². The number of hydrogen-bond acceptors (Lipinski definition) is 4. The molecule has 192 valence electrons. The summed E-state index contributed by atoms with van der Waals surface area (Å²) in [4.78, 5) is 29.9. The highest BCUT2D eigenvalue weighted by molar-refractivity contribution is 6.05. The van der Waals surface area contributed by atoms with Crippen LogP contribution in [0.1, 0.15) is 32.9 Å². The summed E-state index contributed by atoms with van der Waals surface area (Å²) in [6.07, 6.45) is -10.1. The highest BCUT2D eigenvalue weighted by atomic mass is 19.4. The number of aromatic nitrogens is 1. The van der Waals surface area contributed by atoms with E-state index in [9.17, 15) is 40.3 Å².